The van der Waals surface area contributed by atoms with Gasteiger partial charge in [0.1, 0.15) is 6.33 Å². The lowest BCUT2D eigenvalue weighted by Crippen LogP contribution is -2.33. The lowest BCUT2D eigenvalue weighted by atomic mass is 9.89. The summed E-state index contributed by atoms with van der Waals surface area (Å²) in [7, 11) is 0. The number of hydrogen-bond acceptors (Lipinski definition) is 5. The normalized spacial score (nSPS) is 31.0. The number of hydrogen-bond donors (Lipinski definition) is 2. The molecule has 2 aromatic heterocycles. The van der Waals surface area contributed by atoms with Gasteiger partial charge in [-0.1, -0.05) is 38.5 Å². The Labute approximate surface area is 162 Å². The van der Waals surface area contributed by atoms with Crippen LogP contribution in [0.2, 0.25) is 0 Å². The number of imidazole rings is 1. The van der Waals surface area contributed by atoms with E-state index in [1.54, 1.807) is 18.5 Å². The van der Waals surface area contributed by atoms with Gasteiger partial charge in [0.2, 0.25) is 0 Å². The zero-order valence-electron chi connectivity index (χ0n) is 15.9. The van der Waals surface area contributed by atoms with E-state index < -0.39 is 6.10 Å². The fourth-order valence-corrected chi connectivity index (χ4v) is 5.29. The molecule has 7 heteroatoms. The Balaban J connectivity index is 1.52. The largest absolute Gasteiger partial charge is 0.390 e. The van der Waals surface area contributed by atoms with Gasteiger partial charge < -0.3 is 15.0 Å². The molecular formula is C21H23N5O2. The monoisotopic (exact) mass is 377 g/mol. The van der Waals surface area contributed by atoms with Crippen LogP contribution in [-0.2, 0) is 5.54 Å². The summed E-state index contributed by atoms with van der Waals surface area (Å²) >= 11 is 0. The zero-order valence-corrected chi connectivity index (χ0v) is 15.9. The van der Waals surface area contributed by atoms with Crippen molar-refractivity contribution in [2.24, 2.45) is 17.8 Å². The summed E-state index contributed by atoms with van der Waals surface area (Å²) in [6, 6.07) is 9.00. The first kappa shape index (κ1) is 17.3. The standard InChI is InChI=1S/C21H23N5O2/c1-3-14-12(2)17(27)21(9-15(14)21)26-11-24-16-18(22-10-23-19(16)26)25-20(28)13-7-5-4-6-8-13/h4-8,10-12,14-15,17,27H,3,9H2,1-2H3,(H,22,23,25,28)/t12-,14-,15+,17-,21?/m1/s1. The van der Waals surface area contributed by atoms with E-state index in [0.29, 0.717) is 34.4 Å². The van der Waals surface area contributed by atoms with Crippen LogP contribution < -0.4 is 5.32 Å². The summed E-state index contributed by atoms with van der Waals surface area (Å²) in [5.41, 5.74) is 1.43. The molecule has 144 valence electrons. The predicted molar refractivity (Wildman–Crippen MR) is 105 cm³/mol. The molecule has 1 aromatic carbocycles. The summed E-state index contributed by atoms with van der Waals surface area (Å²) in [4.78, 5) is 25.7. The number of carbonyl (C=O) groups excluding carboxylic acids is 1. The highest BCUT2D eigenvalue weighted by molar-refractivity contribution is 6.06. The van der Waals surface area contributed by atoms with E-state index in [-0.39, 0.29) is 17.4 Å². The Hall–Kier alpha value is -2.80. The Kier molecular flexibility index (Phi) is 3.77. The number of anilines is 1. The van der Waals surface area contributed by atoms with Crippen molar-refractivity contribution < 1.29 is 9.90 Å². The third-order valence-electron chi connectivity index (χ3n) is 6.75. The molecule has 2 fully saturated rings. The summed E-state index contributed by atoms with van der Waals surface area (Å²) < 4.78 is 2.02. The molecule has 2 aliphatic carbocycles. The van der Waals surface area contributed by atoms with E-state index in [2.05, 4.69) is 34.1 Å². The summed E-state index contributed by atoms with van der Waals surface area (Å²) in [6.07, 6.45) is 4.77. The number of aromatic nitrogens is 4. The van der Waals surface area contributed by atoms with Crippen LogP contribution in [0.1, 0.15) is 37.0 Å². The van der Waals surface area contributed by atoms with Gasteiger partial charge in [-0.15, -0.1) is 0 Å². The predicted octanol–water partition coefficient (Wildman–Crippen LogP) is 2.83. The number of benzene rings is 1. The minimum absolute atomic E-state index is 0.238. The van der Waals surface area contributed by atoms with Crippen LogP contribution in [0.15, 0.2) is 43.0 Å². The Morgan fingerprint density at radius 1 is 1.29 bits per heavy atom. The van der Waals surface area contributed by atoms with Crippen molar-refractivity contribution in [1.29, 1.82) is 0 Å². The number of nitrogens with one attached hydrogen (secondary N) is 1. The maximum absolute atomic E-state index is 12.5. The molecule has 0 spiro atoms. The maximum Gasteiger partial charge on any atom is 0.256 e. The molecule has 0 radical (unpaired) electrons. The third kappa shape index (κ3) is 2.26. The molecule has 5 atom stereocenters. The van der Waals surface area contributed by atoms with Gasteiger partial charge in [0.05, 0.1) is 18.0 Å². The van der Waals surface area contributed by atoms with Gasteiger partial charge in [0, 0.05) is 5.56 Å². The first-order valence-electron chi connectivity index (χ1n) is 9.81. The lowest BCUT2D eigenvalue weighted by molar-refractivity contribution is 0.0637. The molecule has 0 bridgehead atoms. The highest BCUT2D eigenvalue weighted by Crippen LogP contribution is 2.67. The third-order valence-corrected chi connectivity index (χ3v) is 6.75. The molecule has 1 amide bonds. The van der Waals surface area contributed by atoms with E-state index in [0.717, 1.165) is 12.8 Å². The first-order chi connectivity index (χ1) is 13.6. The van der Waals surface area contributed by atoms with Gasteiger partial charge in [-0.25, -0.2) is 15.0 Å². The van der Waals surface area contributed by atoms with Gasteiger partial charge >= 0.3 is 0 Å². The molecule has 2 saturated carbocycles. The fraction of sp³-hybridized carbons (Fsp3) is 0.429. The number of carbonyl (C=O) groups is 1. The van der Waals surface area contributed by atoms with Gasteiger partial charge in [0.15, 0.2) is 17.0 Å². The second-order valence-corrected chi connectivity index (χ2v) is 8.01. The SMILES string of the molecule is CC[C@@H]1[C@@H](C)[C@@H](O)C2(n3cnc4c(NC(=O)c5ccccc5)ncnc43)C[C@@H]12. The molecule has 28 heavy (non-hydrogen) atoms. The number of aliphatic hydroxyl groups excluding tert-OH is 1. The van der Waals surface area contributed by atoms with Crippen LogP contribution in [0.25, 0.3) is 11.2 Å². The van der Waals surface area contributed by atoms with Crippen molar-refractivity contribution in [2.75, 3.05) is 5.32 Å². The second-order valence-electron chi connectivity index (χ2n) is 8.01. The number of fused-ring (bicyclic) bond motifs is 2. The number of nitrogens with zero attached hydrogens (tertiary/aromatic N) is 4. The van der Waals surface area contributed by atoms with Crippen LogP contribution in [0.3, 0.4) is 0 Å². The molecule has 7 nitrogen and oxygen atoms in total. The smallest absolute Gasteiger partial charge is 0.256 e. The summed E-state index contributed by atoms with van der Waals surface area (Å²) in [5, 5.41) is 13.8. The molecule has 5 rings (SSSR count). The van der Waals surface area contributed by atoms with Crippen LogP contribution in [0, 0.1) is 17.8 Å². The van der Waals surface area contributed by atoms with Gasteiger partial charge in [-0.2, -0.15) is 0 Å². The minimum Gasteiger partial charge on any atom is -0.390 e. The molecule has 3 aromatic rings. The molecule has 1 unspecified atom stereocenters. The van der Waals surface area contributed by atoms with Crippen LogP contribution in [0.4, 0.5) is 5.82 Å². The Morgan fingerprint density at radius 3 is 2.79 bits per heavy atom. The van der Waals surface area contributed by atoms with Crippen molar-refractivity contribution in [3.05, 3.63) is 48.5 Å². The lowest BCUT2D eigenvalue weighted by Gasteiger charge is -2.25. The van der Waals surface area contributed by atoms with Crippen LogP contribution >= 0.6 is 0 Å². The van der Waals surface area contributed by atoms with Gasteiger partial charge in [0.25, 0.3) is 5.91 Å². The topological polar surface area (TPSA) is 92.9 Å². The highest BCUT2D eigenvalue weighted by atomic mass is 16.3. The summed E-state index contributed by atoms with van der Waals surface area (Å²) in [5.74, 6) is 1.35. The van der Waals surface area contributed by atoms with Crippen molar-refractivity contribution in [2.45, 2.75) is 38.3 Å². The molecule has 0 saturated heterocycles. The Bertz CT molecular complexity index is 1050. The van der Waals surface area contributed by atoms with E-state index in [1.807, 2.05) is 22.8 Å². The minimum atomic E-state index is -0.419. The van der Waals surface area contributed by atoms with Gasteiger partial charge in [-0.05, 0) is 36.3 Å². The number of aliphatic hydroxyl groups is 1. The zero-order chi connectivity index (χ0) is 19.5. The number of amides is 1. The van der Waals surface area contributed by atoms with Crippen LogP contribution in [0.5, 0.6) is 0 Å². The summed E-state index contributed by atoms with van der Waals surface area (Å²) in [6.45, 7) is 4.32. The van der Waals surface area contributed by atoms with E-state index in [4.69, 9.17) is 0 Å². The first-order valence-corrected chi connectivity index (χ1v) is 9.81. The highest BCUT2D eigenvalue weighted by Gasteiger charge is 2.70. The van der Waals surface area contributed by atoms with E-state index >= 15 is 0 Å². The van der Waals surface area contributed by atoms with Crippen molar-refractivity contribution in [1.82, 2.24) is 19.5 Å². The Morgan fingerprint density at radius 2 is 2.07 bits per heavy atom. The average molecular weight is 377 g/mol. The van der Waals surface area contributed by atoms with Crippen LogP contribution in [-0.4, -0.2) is 36.6 Å². The van der Waals surface area contributed by atoms with Crippen molar-refractivity contribution in [3.63, 3.8) is 0 Å². The second kappa shape index (κ2) is 6.10. The quantitative estimate of drug-likeness (QED) is 0.729. The molecule has 2 aliphatic rings. The van der Waals surface area contributed by atoms with Crippen molar-refractivity contribution >= 4 is 22.9 Å². The van der Waals surface area contributed by atoms with E-state index in [9.17, 15) is 9.90 Å². The molecule has 2 N–H and O–H groups in total. The number of rotatable bonds is 4. The van der Waals surface area contributed by atoms with E-state index in [1.165, 1.54) is 6.33 Å². The maximum atomic E-state index is 12.5. The molecule has 0 aliphatic heterocycles. The molecule has 2 heterocycles. The molecular weight excluding hydrogens is 354 g/mol. The average Bonchev–Trinajstić information content (AvgIpc) is 3.22. The van der Waals surface area contributed by atoms with Gasteiger partial charge in [-0.3, -0.25) is 4.79 Å². The van der Waals surface area contributed by atoms with Crippen molar-refractivity contribution in [3.8, 4) is 0 Å². The fourth-order valence-electron chi connectivity index (χ4n) is 5.29.